The Bertz CT molecular complexity index is 716. The Hall–Kier alpha value is -1.72. The fourth-order valence-electron chi connectivity index (χ4n) is 4.50. The number of nitrogens with one attached hydrogen (secondary N) is 2. The quantitative estimate of drug-likeness (QED) is 0.176. The first-order valence-electron chi connectivity index (χ1n) is 14.2. The average Bonchev–Trinajstić information content (AvgIpc) is 3.67. The fraction of sp³-hybridized carbons (Fsp3) is 0.759. The summed E-state index contributed by atoms with van der Waals surface area (Å²) in [4.78, 5) is 11.9. The molecule has 1 fully saturated rings. The number of hydrogen-bond acceptors (Lipinski definition) is 2. The third-order valence-electron chi connectivity index (χ3n) is 6.89. The Kier molecular flexibility index (Phi) is 14.2. The topological polar surface area (TPSA) is 41.1 Å². The van der Waals surface area contributed by atoms with Crippen molar-refractivity contribution < 1.29 is 18.0 Å². The van der Waals surface area contributed by atoms with Crippen LogP contribution in [0.3, 0.4) is 0 Å². The highest BCUT2D eigenvalue weighted by atomic mass is 19.4. The minimum atomic E-state index is -4.46. The zero-order valence-corrected chi connectivity index (χ0v) is 21.8. The monoisotopic (exact) mass is 496 g/mol. The largest absolute Gasteiger partial charge is 0.418 e. The van der Waals surface area contributed by atoms with E-state index in [4.69, 9.17) is 0 Å². The van der Waals surface area contributed by atoms with Crippen LogP contribution >= 0.6 is 0 Å². The smallest absolute Gasteiger partial charge is 0.385 e. The highest BCUT2D eigenvalue weighted by Crippen LogP contribution is 2.37. The highest BCUT2D eigenvalue weighted by molar-refractivity contribution is 5.94. The maximum absolute atomic E-state index is 13.5. The number of benzene rings is 1. The number of unbranched alkanes of at least 4 members (excludes halogenated alkanes) is 15. The van der Waals surface area contributed by atoms with Gasteiger partial charge < -0.3 is 10.6 Å². The van der Waals surface area contributed by atoms with Crippen molar-refractivity contribution in [1.29, 1.82) is 0 Å². The van der Waals surface area contributed by atoms with E-state index in [0.29, 0.717) is 6.54 Å². The summed E-state index contributed by atoms with van der Waals surface area (Å²) in [6.07, 6.45) is 17.7. The van der Waals surface area contributed by atoms with Crippen LogP contribution in [0.5, 0.6) is 0 Å². The molecule has 0 atom stereocenters. The molecule has 1 aliphatic rings. The number of anilines is 2. The molecule has 200 valence electrons. The summed E-state index contributed by atoms with van der Waals surface area (Å²) in [5.41, 5.74) is -0.423. The zero-order valence-electron chi connectivity index (χ0n) is 21.8. The van der Waals surface area contributed by atoms with Gasteiger partial charge in [0.25, 0.3) is 0 Å². The van der Waals surface area contributed by atoms with Crippen molar-refractivity contribution in [1.82, 2.24) is 0 Å². The van der Waals surface area contributed by atoms with Crippen molar-refractivity contribution in [2.24, 2.45) is 5.92 Å². The molecule has 1 aliphatic carbocycles. The first-order chi connectivity index (χ1) is 16.9. The van der Waals surface area contributed by atoms with E-state index in [-0.39, 0.29) is 23.2 Å². The lowest BCUT2D eigenvalue weighted by molar-refractivity contribution is -0.137. The number of hydrogen-bond donors (Lipinski definition) is 2. The van der Waals surface area contributed by atoms with Crippen LogP contribution in [0.1, 0.15) is 128 Å². The molecule has 2 N–H and O–H groups in total. The number of carbonyl (C=O) groups excluding carboxylic acids is 1. The van der Waals surface area contributed by atoms with Crippen molar-refractivity contribution in [3.05, 3.63) is 23.8 Å². The lowest BCUT2D eigenvalue weighted by atomic mass is 10.0. The Morgan fingerprint density at radius 3 is 1.74 bits per heavy atom. The van der Waals surface area contributed by atoms with Gasteiger partial charge in [-0.3, -0.25) is 4.79 Å². The molecular weight excluding hydrogens is 449 g/mol. The Balaban J connectivity index is 1.49. The average molecular weight is 497 g/mol. The predicted octanol–water partition coefficient (Wildman–Crippen LogP) is 9.73. The molecule has 1 aromatic rings. The van der Waals surface area contributed by atoms with Gasteiger partial charge in [0.15, 0.2) is 0 Å². The molecule has 1 aromatic carbocycles. The summed E-state index contributed by atoms with van der Waals surface area (Å²) in [6, 6.07) is 4.01. The van der Waals surface area contributed by atoms with Crippen molar-refractivity contribution in [2.75, 3.05) is 17.2 Å². The van der Waals surface area contributed by atoms with Gasteiger partial charge in [-0.15, -0.1) is 0 Å². The highest BCUT2D eigenvalue weighted by Gasteiger charge is 2.34. The molecule has 0 saturated heterocycles. The third-order valence-corrected chi connectivity index (χ3v) is 6.89. The van der Waals surface area contributed by atoms with Crippen LogP contribution in [0.4, 0.5) is 24.5 Å². The minimum Gasteiger partial charge on any atom is -0.385 e. The molecule has 35 heavy (non-hydrogen) atoms. The Morgan fingerprint density at radius 1 is 0.800 bits per heavy atom. The Labute approximate surface area is 211 Å². The molecule has 0 spiro atoms. The van der Waals surface area contributed by atoms with Crippen LogP contribution in [0.25, 0.3) is 0 Å². The molecule has 0 bridgehead atoms. The van der Waals surface area contributed by atoms with E-state index < -0.39 is 11.7 Å². The number of halogens is 3. The van der Waals surface area contributed by atoms with Crippen molar-refractivity contribution in [3.63, 3.8) is 0 Å². The van der Waals surface area contributed by atoms with E-state index in [2.05, 4.69) is 17.6 Å². The summed E-state index contributed by atoms with van der Waals surface area (Å²) < 4.78 is 40.5. The van der Waals surface area contributed by atoms with Crippen LogP contribution in [0.2, 0.25) is 0 Å². The Morgan fingerprint density at radius 2 is 1.29 bits per heavy atom. The van der Waals surface area contributed by atoms with Crippen LogP contribution in [-0.2, 0) is 11.0 Å². The molecule has 6 heteroatoms. The van der Waals surface area contributed by atoms with Crippen LogP contribution in [-0.4, -0.2) is 12.5 Å². The van der Waals surface area contributed by atoms with Gasteiger partial charge in [0.1, 0.15) is 0 Å². The van der Waals surface area contributed by atoms with Gasteiger partial charge in [0.2, 0.25) is 5.91 Å². The fourth-order valence-corrected chi connectivity index (χ4v) is 4.50. The lowest BCUT2D eigenvalue weighted by Crippen LogP contribution is -2.16. The SMILES string of the molecule is CCCCCCCCCCCCCCCCCCNc1ccc(NC(=O)C2CC2)cc1C(F)(F)F. The van der Waals surface area contributed by atoms with E-state index in [1.165, 1.54) is 89.5 Å². The molecule has 0 heterocycles. The maximum Gasteiger partial charge on any atom is 0.418 e. The third kappa shape index (κ3) is 13.2. The van der Waals surface area contributed by atoms with E-state index in [1.54, 1.807) is 6.07 Å². The second-order valence-electron chi connectivity index (χ2n) is 10.3. The second kappa shape index (κ2) is 16.9. The molecule has 3 nitrogen and oxygen atoms in total. The molecular formula is C29H47F3N2O. The normalized spacial score (nSPS) is 13.7. The standard InChI is InChI=1S/C29H47F3N2O/c1-2-3-4-5-6-7-8-9-10-11-12-13-14-15-16-17-22-33-27-21-20-25(23-26(27)29(30,31)32)34-28(35)24-18-19-24/h20-21,23-24,33H,2-19,22H2,1H3,(H,34,35). The predicted molar refractivity (Wildman–Crippen MR) is 141 cm³/mol. The van der Waals surface area contributed by atoms with Gasteiger partial charge in [-0.05, 0) is 37.5 Å². The number of rotatable bonds is 20. The first kappa shape index (κ1) is 29.5. The van der Waals surface area contributed by atoms with Crippen molar-refractivity contribution >= 4 is 17.3 Å². The summed E-state index contributed by atoms with van der Waals surface area (Å²) in [6.45, 7) is 2.78. The minimum absolute atomic E-state index is 0.0444. The first-order valence-corrected chi connectivity index (χ1v) is 14.2. The van der Waals surface area contributed by atoms with Gasteiger partial charge in [-0.25, -0.2) is 0 Å². The van der Waals surface area contributed by atoms with Crippen molar-refractivity contribution in [3.8, 4) is 0 Å². The zero-order chi connectivity index (χ0) is 25.4. The van der Waals surface area contributed by atoms with E-state index >= 15 is 0 Å². The van der Waals surface area contributed by atoms with Crippen LogP contribution in [0, 0.1) is 5.92 Å². The lowest BCUT2D eigenvalue weighted by Gasteiger charge is -2.16. The van der Waals surface area contributed by atoms with E-state index in [1.807, 2.05) is 0 Å². The molecule has 1 amide bonds. The number of carbonyl (C=O) groups is 1. The van der Waals surface area contributed by atoms with Gasteiger partial charge >= 0.3 is 6.18 Å². The summed E-state index contributed by atoms with van der Waals surface area (Å²) in [5, 5.41) is 5.55. The van der Waals surface area contributed by atoms with E-state index in [9.17, 15) is 18.0 Å². The maximum atomic E-state index is 13.5. The number of amides is 1. The summed E-state index contributed by atoms with van der Waals surface area (Å²) in [7, 11) is 0. The molecule has 1 saturated carbocycles. The molecule has 0 aliphatic heterocycles. The van der Waals surface area contributed by atoms with Gasteiger partial charge in [-0.2, -0.15) is 13.2 Å². The van der Waals surface area contributed by atoms with Gasteiger partial charge in [0.05, 0.1) is 5.56 Å². The molecule has 0 aromatic heterocycles. The van der Waals surface area contributed by atoms with Gasteiger partial charge in [0, 0.05) is 23.8 Å². The van der Waals surface area contributed by atoms with Crippen molar-refractivity contribution in [2.45, 2.75) is 129 Å². The summed E-state index contributed by atoms with van der Waals surface area (Å²) >= 11 is 0. The molecule has 0 unspecified atom stereocenters. The van der Waals surface area contributed by atoms with Crippen LogP contribution < -0.4 is 10.6 Å². The summed E-state index contributed by atoms with van der Waals surface area (Å²) in [5.74, 6) is -0.232. The molecule has 0 radical (unpaired) electrons. The van der Waals surface area contributed by atoms with Crippen LogP contribution in [0.15, 0.2) is 18.2 Å². The number of alkyl halides is 3. The molecule has 2 rings (SSSR count). The second-order valence-corrected chi connectivity index (χ2v) is 10.3. The van der Waals surface area contributed by atoms with Gasteiger partial charge in [-0.1, -0.05) is 103 Å². The van der Waals surface area contributed by atoms with E-state index in [0.717, 1.165) is 38.2 Å².